The molecule has 98 valence electrons. The molecule has 0 bridgehead atoms. The first-order chi connectivity index (χ1) is 8.50. The molecule has 1 aromatic rings. The third-order valence-corrected chi connectivity index (χ3v) is 3.25. The van der Waals surface area contributed by atoms with E-state index in [1.807, 2.05) is 0 Å². The minimum Gasteiger partial charge on any atom is -0.478 e. The largest absolute Gasteiger partial charge is 0.478 e. The minimum atomic E-state index is -1.01. The first kappa shape index (κ1) is 12.7. The molecule has 3 N–H and O–H groups in total. The second-order valence-electron chi connectivity index (χ2n) is 5.09. The van der Waals surface area contributed by atoms with Crippen LogP contribution in [-0.2, 0) is 0 Å². The Morgan fingerprint density at radius 3 is 2.78 bits per heavy atom. The molecule has 0 saturated heterocycles. The van der Waals surface area contributed by atoms with E-state index in [4.69, 9.17) is 10.8 Å². The topological polar surface area (TPSA) is 79.5 Å². The van der Waals surface area contributed by atoms with Crippen molar-refractivity contribution in [3.05, 3.63) is 17.8 Å². The van der Waals surface area contributed by atoms with Gasteiger partial charge in [-0.1, -0.05) is 0 Å². The normalized spacial score (nSPS) is 14.8. The average Bonchev–Trinajstić information content (AvgIpc) is 3.10. The number of rotatable bonds is 5. The molecule has 0 unspecified atom stereocenters. The summed E-state index contributed by atoms with van der Waals surface area (Å²) in [6.45, 7) is 5.03. The van der Waals surface area contributed by atoms with E-state index in [0.717, 1.165) is 6.54 Å². The van der Waals surface area contributed by atoms with Crippen LogP contribution < -0.4 is 10.6 Å². The van der Waals surface area contributed by atoms with Crippen LogP contribution in [0, 0.1) is 5.92 Å². The van der Waals surface area contributed by atoms with Crippen molar-refractivity contribution in [2.75, 3.05) is 17.2 Å². The maximum absolute atomic E-state index is 11.1. The van der Waals surface area contributed by atoms with Crippen molar-refractivity contribution in [1.29, 1.82) is 0 Å². The number of aromatic carboxylic acids is 1. The summed E-state index contributed by atoms with van der Waals surface area (Å²) in [5.74, 6) is 0.283. The van der Waals surface area contributed by atoms with E-state index < -0.39 is 5.97 Å². The van der Waals surface area contributed by atoms with Crippen molar-refractivity contribution >= 4 is 17.5 Å². The molecule has 1 saturated carbocycles. The highest BCUT2D eigenvalue weighted by Crippen LogP contribution is 2.34. The molecule has 1 aliphatic carbocycles. The molecule has 1 aromatic heterocycles. The van der Waals surface area contributed by atoms with Gasteiger partial charge in [0.1, 0.15) is 0 Å². The van der Waals surface area contributed by atoms with Gasteiger partial charge in [0.05, 0.1) is 11.3 Å². The van der Waals surface area contributed by atoms with Gasteiger partial charge in [0.15, 0.2) is 5.82 Å². The van der Waals surface area contributed by atoms with Crippen molar-refractivity contribution in [3.63, 3.8) is 0 Å². The molecule has 1 aliphatic rings. The van der Waals surface area contributed by atoms with Crippen LogP contribution in [-0.4, -0.2) is 28.6 Å². The maximum Gasteiger partial charge on any atom is 0.337 e. The fourth-order valence-electron chi connectivity index (χ4n) is 2.00. The Kier molecular flexibility index (Phi) is 3.41. The van der Waals surface area contributed by atoms with Crippen LogP contribution in [0.25, 0.3) is 0 Å². The fraction of sp³-hybridized carbons (Fsp3) is 0.538. The van der Waals surface area contributed by atoms with E-state index in [2.05, 4.69) is 23.7 Å². The van der Waals surface area contributed by atoms with Crippen LogP contribution >= 0.6 is 0 Å². The van der Waals surface area contributed by atoms with Crippen LogP contribution in [0.2, 0.25) is 0 Å². The monoisotopic (exact) mass is 249 g/mol. The van der Waals surface area contributed by atoms with Gasteiger partial charge in [0, 0.05) is 18.8 Å². The Morgan fingerprint density at radius 1 is 1.61 bits per heavy atom. The summed E-state index contributed by atoms with van der Waals surface area (Å²) in [5.41, 5.74) is 6.32. The highest BCUT2D eigenvalue weighted by Gasteiger charge is 2.28. The zero-order chi connectivity index (χ0) is 13.3. The van der Waals surface area contributed by atoms with Gasteiger partial charge in [-0.25, -0.2) is 9.78 Å². The number of aromatic nitrogens is 1. The molecule has 5 heteroatoms. The highest BCUT2D eigenvalue weighted by atomic mass is 16.4. The Bertz CT molecular complexity index is 456. The molecule has 0 amide bonds. The Balaban J connectivity index is 2.34. The van der Waals surface area contributed by atoms with Crippen molar-refractivity contribution in [2.24, 2.45) is 5.92 Å². The SMILES string of the molecule is CC(C)N(CC1CC1)c1nccc(C(=O)O)c1N. The fourth-order valence-corrected chi connectivity index (χ4v) is 2.00. The van der Waals surface area contributed by atoms with E-state index in [1.165, 1.54) is 25.1 Å². The van der Waals surface area contributed by atoms with Gasteiger partial charge in [0.25, 0.3) is 0 Å². The number of carboxylic acids is 1. The van der Waals surface area contributed by atoms with Gasteiger partial charge >= 0.3 is 5.97 Å². The molecule has 1 heterocycles. The van der Waals surface area contributed by atoms with Crippen LogP contribution in [0.3, 0.4) is 0 Å². The summed E-state index contributed by atoms with van der Waals surface area (Å²) >= 11 is 0. The number of nitrogens with two attached hydrogens (primary N) is 1. The summed E-state index contributed by atoms with van der Waals surface area (Å²) < 4.78 is 0. The average molecular weight is 249 g/mol. The van der Waals surface area contributed by atoms with E-state index in [1.54, 1.807) is 0 Å². The lowest BCUT2D eigenvalue weighted by Crippen LogP contribution is -2.34. The predicted molar refractivity (Wildman–Crippen MR) is 70.8 cm³/mol. The Hall–Kier alpha value is -1.78. The first-order valence-corrected chi connectivity index (χ1v) is 6.25. The quantitative estimate of drug-likeness (QED) is 0.834. The number of hydrogen-bond donors (Lipinski definition) is 2. The van der Waals surface area contributed by atoms with Crippen LogP contribution in [0.1, 0.15) is 37.0 Å². The summed E-state index contributed by atoms with van der Waals surface area (Å²) in [6.07, 6.45) is 3.99. The van der Waals surface area contributed by atoms with Gasteiger partial charge in [-0.3, -0.25) is 0 Å². The molecule has 0 atom stereocenters. The van der Waals surface area contributed by atoms with Gasteiger partial charge < -0.3 is 15.7 Å². The minimum absolute atomic E-state index is 0.126. The van der Waals surface area contributed by atoms with E-state index >= 15 is 0 Å². The van der Waals surface area contributed by atoms with Gasteiger partial charge in [0.2, 0.25) is 0 Å². The zero-order valence-electron chi connectivity index (χ0n) is 10.8. The number of anilines is 2. The number of nitrogens with zero attached hydrogens (tertiary/aromatic N) is 2. The molecule has 0 radical (unpaired) electrons. The van der Waals surface area contributed by atoms with Gasteiger partial charge in [-0.15, -0.1) is 0 Å². The number of pyridine rings is 1. The number of carbonyl (C=O) groups is 1. The smallest absolute Gasteiger partial charge is 0.337 e. The predicted octanol–water partition coefficient (Wildman–Crippen LogP) is 1.99. The van der Waals surface area contributed by atoms with Crippen molar-refractivity contribution in [1.82, 2.24) is 4.98 Å². The molecule has 0 spiro atoms. The standard InChI is InChI=1S/C13H19N3O2/c1-8(2)16(7-9-3-4-9)12-11(14)10(13(17)18)5-6-15-12/h5-6,8-9H,3-4,7,14H2,1-2H3,(H,17,18). The summed E-state index contributed by atoms with van der Waals surface area (Å²) in [6, 6.07) is 1.70. The zero-order valence-corrected chi connectivity index (χ0v) is 10.8. The molecular formula is C13H19N3O2. The third kappa shape index (κ3) is 2.55. The van der Waals surface area contributed by atoms with Crippen molar-refractivity contribution in [2.45, 2.75) is 32.7 Å². The first-order valence-electron chi connectivity index (χ1n) is 6.25. The summed E-state index contributed by atoms with van der Waals surface area (Å²) in [5, 5.41) is 9.08. The molecule has 18 heavy (non-hydrogen) atoms. The van der Waals surface area contributed by atoms with Crippen molar-refractivity contribution < 1.29 is 9.90 Å². The number of carboxylic acid groups (broad SMARTS) is 1. The molecule has 0 aliphatic heterocycles. The molecular weight excluding hydrogens is 230 g/mol. The van der Waals surface area contributed by atoms with Crippen LogP contribution in [0.5, 0.6) is 0 Å². The summed E-state index contributed by atoms with van der Waals surface area (Å²) in [7, 11) is 0. The van der Waals surface area contributed by atoms with Gasteiger partial charge in [-0.2, -0.15) is 0 Å². The third-order valence-electron chi connectivity index (χ3n) is 3.25. The second-order valence-corrected chi connectivity index (χ2v) is 5.09. The maximum atomic E-state index is 11.1. The lowest BCUT2D eigenvalue weighted by molar-refractivity contribution is 0.0698. The lowest BCUT2D eigenvalue weighted by Gasteiger charge is -2.29. The van der Waals surface area contributed by atoms with E-state index in [-0.39, 0.29) is 17.3 Å². The van der Waals surface area contributed by atoms with Crippen molar-refractivity contribution in [3.8, 4) is 0 Å². The summed E-state index contributed by atoms with van der Waals surface area (Å²) in [4.78, 5) is 17.4. The van der Waals surface area contributed by atoms with E-state index in [9.17, 15) is 4.79 Å². The lowest BCUT2D eigenvalue weighted by atomic mass is 10.2. The highest BCUT2D eigenvalue weighted by molar-refractivity contribution is 5.96. The van der Waals surface area contributed by atoms with Crippen LogP contribution in [0.4, 0.5) is 11.5 Å². The molecule has 1 fully saturated rings. The molecule has 0 aromatic carbocycles. The molecule has 2 rings (SSSR count). The second kappa shape index (κ2) is 4.84. The van der Waals surface area contributed by atoms with Crippen LogP contribution in [0.15, 0.2) is 12.3 Å². The number of nitrogen functional groups attached to an aromatic ring is 1. The molecule has 5 nitrogen and oxygen atoms in total. The number of hydrogen-bond acceptors (Lipinski definition) is 4. The van der Waals surface area contributed by atoms with E-state index in [0.29, 0.717) is 11.7 Å². The van der Waals surface area contributed by atoms with Gasteiger partial charge in [-0.05, 0) is 38.7 Å². The Morgan fingerprint density at radius 2 is 2.28 bits per heavy atom. The Labute approximate surface area is 107 Å².